The average Bonchev–Trinajstić information content (AvgIpc) is 3.20. The second-order valence-electron chi connectivity index (χ2n) is 5.82. The maximum Gasteiger partial charge on any atom is 0.254 e. The van der Waals surface area contributed by atoms with Crippen molar-refractivity contribution in [3.63, 3.8) is 0 Å². The molecular weight excluding hydrogens is 331 g/mol. The van der Waals surface area contributed by atoms with Gasteiger partial charge in [0.1, 0.15) is 29.5 Å². The third-order valence-electron chi connectivity index (χ3n) is 4.00. The summed E-state index contributed by atoms with van der Waals surface area (Å²) in [5.74, 6) is 0.701. The van der Waals surface area contributed by atoms with E-state index < -0.39 is 18.0 Å². The number of halogens is 1. The number of hydrogen-bond donors (Lipinski definition) is 1. The van der Waals surface area contributed by atoms with Gasteiger partial charge in [-0.3, -0.25) is 4.79 Å². The first-order chi connectivity index (χ1) is 12.0. The van der Waals surface area contributed by atoms with E-state index in [1.165, 1.54) is 30.2 Å². The zero-order chi connectivity index (χ0) is 17.8. The molecule has 0 saturated carbocycles. The Morgan fingerprint density at radius 2 is 2.28 bits per heavy atom. The van der Waals surface area contributed by atoms with E-state index in [1.807, 2.05) is 0 Å². The second kappa shape index (κ2) is 7.52. The molecule has 7 nitrogen and oxygen atoms in total. The van der Waals surface area contributed by atoms with Crippen LogP contribution in [0.1, 0.15) is 12.2 Å². The quantitative estimate of drug-likeness (QED) is 0.848. The summed E-state index contributed by atoms with van der Waals surface area (Å²) in [7, 11) is 1.48. The van der Waals surface area contributed by atoms with Crippen LogP contribution in [-0.2, 0) is 11.2 Å². The van der Waals surface area contributed by atoms with Crippen molar-refractivity contribution in [3.8, 4) is 11.6 Å². The molecule has 8 heteroatoms. The van der Waals surface area contributed by atoms with Crippen LogP contribution in [0.15, 0.2) is 34.9 Å². The molecule has 1 N–H and O–H groups in total. The number of amides is 1. The summed E-state index contributed by atoms with van der Waals surface area (Å²) in [4.78, 5) is 13.8. The van der Waals surface area contributed by atoms with Gasteiger partial charge in [-0.1, -0.05) is 6.07 Å². The number of methoxy groups -OCH3 is 1. The molecule has 1 aromatic heterocycles. The summed E-state index contributed by atoms with van der Waals surface area (Å²) in [6.45, 7) is 0.425. The van der Waals surface area contributed by atoms with Crippen molar-refractivity contribution in [2.45, 2.75) is 25.0 Å². The van der Waals surface area contributed by atoms with Gasteiger partial charge in [0.05, 0.1) is 20.2 Å². The summed E-state index contributed by atoms with van der Waals surface area (Å²) >= 11 is 0. The molecule has 1 saturated heterocycles. The molecule has 1 aliphatic heterocycles. The Balaban J connectivity index is 1.52. The number of nitrogens with zero attached hydrogens (tertiary/aromatic N) is 2. The molecule has 2 atom stereocenters. The molecule has 25 heavy (non-hydrogen) atoms. The van der Waals surface area contributed by atoms with E-state index in [2.05, 4.69) is 5.16 Å². The van der Waals surface area contributed by atoms with Crippen LogP contribution < -0.4 is 9.47 Å². The van der Waals surface area contributed by atoms with Crippen molar-refractivity contribution in [1.29, 1.82) is 0 Å². The van der Waals surface area contributed by atoms with Gasteiger partial charge in [0.25, 0.3) is 5.88 Å². The number of carbonyl (C=O) groups is 1. The molecule has 0 unspecified atom stereocenters. The molecule has 0 radical (unpaired) electrons. The van der Waals surface area contributed by atoms with Crippen LogP contribution in [-0.4, -0.2) is 53.5 Å². The zero-order valence-corrected chi connectivity index (χ0v) is 13.7. The first-order valence-corrected chi connectivity index (χ1v) is 7.93. The largest absolute Gasteiger partial charge is 0.486 e. The van der Waals surface area contributed by atoms with Gasteiger partial charge in [-0.05, 0) is 17.3 Å². The molecule has 2 aromatic rings. The summed E-state index contributed by atoms with van der Waals surface area (Å²) in [6.07, 6.45) is -0.802. The standard InChI is InChI=1S/C17H19FN2O5/c1-23-16-8-13(25-19-16)5-6-17(22)20-9-14(21)15(10-20)24-12-4-2-3-11(18)7-12/h2-4,7-8,14-15,21H,5-6,9-10H2,1H3/t14-,15-/m1/s1. The van der Waals surface area contributed by atoms with E-state index in [1.54, 1.807) is 12.1 Å². The fourth-order valence-corrected chi connectivity index (χ4v) is 2.69. The second-order valence-corrected chi connectivity index (χ2v) is 5.82. The minimum Gasteiger partial charge on any atom is -0.486 e. The fourth-order valence-electron chi connectivity index (χ4n) is 2.69. The molecule has 1 aliphatic rings. The fraction of sp³-hybridized carbons (Fsp3) is 0.412. The number of aliphatic hydroxyl groups excluding tert-OH is 1. The van der Waals surface area contributed by atoms with Crippen LogP contribution >= 0.6 is 0 Å². The lowest BCUT2D eigenvalue weighted by molar-refractivity contribution is -0.130. The van der Waals surface area contributed by atoms with Gasteiger partial charge in [0.2, 0.25) is 5.91 Å². The van der Waals surface area contributed by atoms with Gasteiger partial charge >= 0.3 is 0 Å². The lowest BCUT2D eigenvalue weighted by Gasteiger charge is -2.17. The minimum atomic E-state index is -0.822. The average molecular weight is 350 g/mol. The van der Waals surface area contributed by atoms with Gasteiger partial charge < -0.3 is 24.0 Å². The summed E-state index contributed by atoms with van der Waals surface area (Å²) in [6, 6.07) is 7.32. The first-order valence-electron chi connectivity index (χ1n) is 7.93. The number of likely N-dealkylation sites (tertiary alicyclic amines) is 1. The number of β-amino-alcohol motifs (C(OH)–C–C–N with tert-alkyl or cyclic N) is 1. The van der Waals surface area contributed by atoms with Crippen molar-refractivity contribution in [3.05, 3.63) is 41.9 Å². The number of carbonyl (C=O) groups excluding carboxylic acids is 1. The maximum atomic E-state index is 13.2. The summed E-state index contributed by atoms with van der Waals surface area (Å²) in [5.41, 5.74) is 0. The molecule has 1 aromatic carbocycles. The van der Waals surface area contributed by atoms with E-state index >= 15 is 0 Å². The van der Waals surface area contributed by atoms with E-state index in [9.17, 15) is 14.3 Å². The van der Waals surface area contributed by atoms with E-state index in [4.69, 9.17) is 14.0 Å². The normalized spacial score (nSPS) is 19.9. The van der Waals surface area contributed by atoms with E-state index in [0.29, 0.717) is 23.8 Å². The highest BCUT2D eigenvalue weighted by Gasteiger charge is 2.35. The van der Waals surface area contributed by atoms with Crippen molar-refractivity contribution >= 4 is 5.91 Å². The Hall–Kier alpha value is -2.61. The molecule has 0 bridgehead atoms. The van der Waals surface area contributed by atoms with E-state index in [-0.39, 0.29) is 25.4 Å². The van der Waals surface area contributed by atoms with Gasteiger partial charge in [-0.2, -0.15) is 0 Å². The Kier molecular flexibility index (Phi) is 5.18. The summed E-state index contributed by atoms with van der Waals surface area (Å²) < 4.78 is 28.8. The Bertz CT molecular complexity index is 735. The highest BCUT2D eigenvalue weighted by molar-refractivity contribution is 5.76. The lowest BCUT2D eigenvalue weighted by atomic mass is 10.2. The number of aliphatic hydroxyl groups is 1. The van der Waals surface area contributed by atoms with Gasteiger partial charge in [0, 0.05) is 25.0 Å². The van der Waals surface area contributed by atoms with Crippen LogP contribution in [0.2, 0.25) is 0 Å². The number of aryl methyl sites for hydroxylation is 1. The van der Waals surface area contributed by atoms with Crippen LogP contribution in [0.25, 0.3) is 0 Å². The van der Waals surface area contributed by atoms with Crippen LogP contribution in [0.4, 0.5) is 4.39 Å². The minimum absolute atomic E-state index is 0.125. The highest BCUT2D eigenvalue weighted by atomic mass is 19.1. The SMILES string of the molecule is COc1cc(CCC(=O)N2C[C@@H](O)[C@H](Oc3cccc(F)c3)C2)on1. The molecular formula is C17H19FN2O5. The predicted octanol–water partition coefficient (Wildman–Crippen LogP) is 1.41. The third kappa shape index (κ3) is 4.27. The molecule has 134 valence electrons. The number of ether oxygens (including phenoxy) is 2. The Morgan fingerprint density at radius 1 is 1.44 bits per heavy atom. The predicted molar refractivity (Wildman–Crippen MR) is 84.8 cm³/mol. The topological polar surface area (TPSA) is 85.0 Å². The van der Waals surface area contributed by atoms with Gasteiger partial charge in [0.15, 0.2) is 0 Å². The van der Waals surface area contributed by atoms with E-state index in [0.717, 1.165) is 0 Å². The molecule has 1 amide bonds. The monoisotopic (exact) mass is 350 g/mol. The zero-order valence-electron chi connectivity index (χ0n) is 13.7. The smallest absolute Gasteiger partial charge is 0.254 e. The Labute approximate surface area is 143 Å². The third-order valence-corrected chi connectivity index (χ3v) is 4.00. The maximum absolute atomic E-state index is 13.2. The van der Waals surface area contributed by atoms with Crippen LogP contribution in [0.5, 0.6) is 11.6 Å². The highest BCUT2D eigenvalue weighted by Crippen LogP contribution is 2.21. The van der Waals surface area contributed by atoms with Crippen LogP contribution in [0.3, 0.4) is 0 Å². The van der Waals surface area contributed by atoms with Crippen molar-refractivity contribution in [1.82, 2.24) is 10.1 Å². The van der Waals surface area contributed by atoms with Crippen LogP contribution in [0, 0.1) is 5.82 Å². The summed E-state index contributed by atoms with van der Waals surface area (Å²) in [5, 5.41) is 13.8. The molecule has 3 rings (SSSR count). The van der Waals surface area contributed by atoms with Crippen molar-refractivity contribution in [2.75, 3.05) is 20.2 Å². The number of hydrogen-bond acceptors (Lipinski definition) is 6. The number of benzene rings is 1. The first kappa shape index (κ1) is 17.2. The molecule has 1 fully saturated rings. The number of aromatic nitrogens is 1. The molecule has 0 aliphatic carbocycles. The van der Waals surface area contributed by atoms with Crippen molar-refractivity contribution in [2.24, 2.45) is 0 Å². The van der Waals surface area contributed by atoms with Crippen molar-refractivity contribution < 1.29 is 28.3 Å². The lowest BCUT2D eigenvalue weighted by Crippen LogP contribution is -2.31. The Morgan fingerprint density at radius 3 is 3.00 bits per heavy atom. The number of rotatable bonds is 6. The van der Waals surface area contributed by atoms with Gasteiger partial charge in [-0.25, -0.2) is 4.39 Å². The molecule has 0 spiro atoms. The molecule has 2 heterocycles. The van der Waals surface area contributed by atoms with Gasteiger partial charge in [-0.15, -0.1) is 0 Å².